The number of likely N-dealkylation sites (tertiary alicyclic amines) is 1. The molecule has 2 bridgehead atoms. The van der Waals surface area contributed by atoms with Crippen LogP contribution in [-0.4, -0.2) is 80.6 Å². The predicted molar refractivity (Wildman–Crippen MR) is 154 cm³/mol. The first-order chi connectivity index (χ1) is 18.8. The van der Waals surface area contributed by atoms with Gasteiger partial charge in [-0.15, -0.1) is 18.3 Å². The summed E-state index contributed by atoms with van der Waals surface area (Å²) in [4.78, 5) is 45.9. The number of aliphatic hydroxyl groups is 1. The third-order valence-electron chi connectivity index (χ3n) is 8.80. The minimum absolute atomic E-state index is 0.0342. The molecule has 0 aromatic heterocycles. The molecule has 0 radical (unpaired) electrons. The number of ether oxygens (including phenoxy) is 1. The molecule has 1 aromatic rings. The summed E-state index contributed by atoms with van der Waals surface area (Å²) in [6.45, 7) is 13.9. The van der Waals surface area contributed by atoms with E-state index in [4.69, 9.17) is 4.74 Å². The van der Waals surface area contributed by atoms with Gasteiger partial charge in [0.25, 0.3) is 0 Å². The van der Waals surface area contributed by atoms with E-state index in [1.54, 1.807) is 22.7 Å². The average molecular weight is 555 g/mol. The van der Waals surface area contributed by atoms with Crippen molar-refractivity contribution in [1.29, 1.82) is 0 Å². The number of carbonyl (C=O) groups excluding carboxylic acids is 3. The molecule has 8 atom stereocenters. The Labute approximate surface area is 236 Å². The molecule has 4 unspecified atom stereocenters. The lowest BCUT2D eigenvalue weighted by Gasteiger charge is -2.43. The lowest BCUT2D eigenvalue weighted by Crippen LogP contribution is -2.60. The van der Waals surface area contributed by atoms with Crippen molar-refractivity contribution >= 4 is 29.5 Å². The van der Waals surface area contributed by atoms with Gasteiger partial charge in [0.05, 0.1) is 29.2 Å². The number of nitrogens with zero attached hydrogens (tertiary/aromatic N) is 2. The highest BCUT2D eigenvalue weighted by atomic mass is 32.2. The van der Waals surface area contributed by atoms with E-state index in [1.165, 1.54) is 6.08 Å². The van der Waals surface area contributed by atoms with Crippen molar-refractivity contribution in [3.05, 3.63) is 61.2 Å². The Morgan fingerprint density at radius 2 is 2.00 bits per heavy atom. The van der Waals surface area contributed by atoms with Crippen molar-refractivity contribution in [3.8, 4) is 0 Å². The highest BCUT2D eigenvalue weighted by molar-refractivity contribution is 8.02. The predicted octanol–water partition coefficient (Wildman–Crippen LogP) is 3.86. The fourth-order valence-corrected chi connectivity index (χ4v) is 9.52. The Hall–Kier alpha value is -2.58. The highest BCUT2D eigenvalue weighted by Crippen LogP contribution is 2.69. The van der Waals surface area contributed by atoms with E-state index < -0.39 is 34.6 Å². The molecule has 3 fully saturated rings. The summed E-state index contributed by atoms with van der Waals surface area (Å²) < 4.78 is 4.72. The Bertz CT molecular complexity index is 1080. The number of benzene rings is 1. The highest BCUT2D eigenvalue weighted by Gasteiger charge is 2.77. The number of rotatable bonds is 13. The second kappa shape index (κ2) is 12.3. The summed E-state index contributed by atoms with van der Waals surface area (Å²) in [5.41, 5.74) is 0.972. The number of carbonyl (C=O) groups is 3. The molecule has 3 saturated heterocycles. The third-order valence-corrected chi connectivity index (χ3v) is 10.9. The molecule has 2 amide bonds. The number of hydrogen-bond donors (Lipinski definition) is 1. The van der Waals surface area contributed by atoms with Gasteiger partial charge < -0.3 is 19.6 Å². The second-order valence-corrected chi connectivity index (χ2v) is 12.7. The molecule has 39 heavy (non-hydrogen) atoms. The first kappa shape index (κ1) is 29.4. The molecule has 1 aromatic carbocycles. The van der Waals surface area contributed by atoms with Gasteiger partial charge in [-0.2, -0.15) is 0 Å². The smallest absolute Gasteiger partial charge is 0.311 e. The van der Waals surface area contributed by atoms with Gasteiger partial charge in [-0.1, -0.05) is 69.3 Å². The largest absolute Gasteiger partial charge is 0.461 e. The summed E-state index contributed by atoms with van der Waals surface area (Å²) in [6.07, 6.45) is 6.14. The summed E-state index contributed by atoms with van der Waals surface area (Å²) in [5, 5.41) is 10.6. The quantitative estimate of drug-likeness (QED) is 0.294. The number of aliphatic hydroxyl groups excluding tert-OH is 1. The summed E-state index contributed by atoms with van der Waals surface area (Å²) >= 11 is 1.62. The van der Waals surface area contributed by atoms with Crippen LogP contribution in [0.2, 0.25) is 0 Å². The van der Waals surface area contributed by atoms with Crippen LogP contribution in [0.15, 0.2) is 55.6 Å². The maximum absolute atomic E-state index is 14.7. The number of hydrogen-bond acceptors (Lipinski definition) is 6. The van der Waals surface area contributed by atoms with Crippen LogP contribution in [0.5, 0.6) is 0 Å². The van der Waals surface area contributed by atoms with Crippen LogP contribution in [0, 0.1) is 17.8 Å². The van der Waals surface area contributed by atoms with Gasteiger partial charge in [0.2, 0.25) is 11.8 Å². The molecule has 1 spiro atoms. The normalized spacial score (nSPS) is 30.5. The minimum atomic E-state index is -0.794. The minimum Gasteiger partial charge on any atom is -0.461 e. The van der Waals surface area contributed by atoms with E-state index in [-0.39, 0.29) is 42.2 Å². The molecule has 3 heterocycles. The summed E-state index contributed by atoms with van der Waals surface area (Å²) in [6, 6.07) is 8.27. The van der Waals surface area contributed by atoms with E-state index in [0.717, 1.165) is 24.8 Å². The van der Waals surface area contributed by atoms with Gasteiger partial charge in [-0.05, 0) is 37.7 Å². The van der Waals surface area contributed by atoms with Gasteiger partial charge in [-0.3, -0.25) is 14.4 Å². The molecule has 3 aliphatic rings. The number of esters is 1. The fraction of sp³-hybridized carbons (Fsp3) is 0.581. The van der Waals surface area contributed by atoms with E-state index in [9.17, 15) is 19.5 Å². The topological polar surface area (TPSA) is 87.2 Å². The molecule has 0 aliphatic carbocycles. The van der Waals surface area contributed by atoms with Gasteiger partial charge in [0.1, 0.15) is 12.6 Å². The van der Waals surface area contributed by atoms with Crippen LogP contribution >= 0.6 is 11.8 Å². The van der Waals surface area contributed by atoms with E-state index in [0.29, 0.717) is 13.0 Å². The molecule has 8 heteroatoms. The second-order valence-electron chi connectivity index (χ2n) is 11.2. The Morgan fingerprint density at radius 3 is 2.62 bits per heavy atom. The maximum Gasteiger partial charge on any atom is 0.311 e. The van der Waals surface area contributed by atoms with Crippen LogP contribution in [0.25, 0.3) is 0 Å². The van der Waals surface area contributed by atoms with Crippen LogP contribution in [-0.2, 0) is 25.5 Å². The Balaban J connectivity index is 1.82. The van der Waals surface area contributed by atoms with Crippen LogP contribution in [0.3, 0.4) is 0 Å². The van der Waals surface area contributed by atoms with Crippen molar-refractivity contribution in [1.82, 2.24) is 9.80 Å². The van der Waals surface area contributed by atoms with Crippen molar-refractivity contribution in [2.24, 2.45) is 17.8 Å². The van der Waals surface area contributed by atoms with E-state index >= 15 is 0 Å². The molecule has 4 rings (SSSR count). The molecule has 1 N–H and O–H groups in total. The molecule has 7 nitrogen and oxygen atoms in total. The SMILES string of the molecule is C=CCOC(=O)[C@@H]1[C@@H]2CC(C)C3(S2)C(C(=O)N(CC=C)C(C)CCC)N([C@@H](CO)Cc2ccccc2)C(=O)[C@H]13. The summed E-state index contributed by atoms with van der Waals surface area (Å²) in [5.74, 6) is -2.04. The van der Waals surface area contributed by atoms with Crippen molar-refractivity contribution < 1.29 is 24.2 Å². The molecule has 3 aliphatic heterocycles. The molecular weight excluding hydrogens is 512 g/mol. The van der Waals surface area contributed by atoms with Crippen molar-refractivity contribution in [3.63, 3.8) is 0 Å². The standard InChI is InChI=1S/C31H42N2O5S/c1-6-12-21(5)32(15-7-2)29(36)27-31-20(4)17-24(39-31)25(30(37)38-16-8-3)26(31)28(35)33(27)23(19-34)18-22-13-10-9-11-14-22/h7-11,13-14,20-21,23-27,34H,2-3,6,12,15-19H2,1,4-5H3/t20?,21?,23-,24+,25-,26+,27?,31?/m1/s1. The fourth-order valence-electron chi connectivity index (χ4n) is 7.13. The zero-order valence-corrected chi connectivity index (χ0v) is 24.1. The number of thioether (sulfide) groups is 1. The summed E-state index contributed by atoms with van der Waals surface area (Å²) in [7, 11) is 0. The van der Waals surface area contributed by atoms with Crippen molar-refractivity contribution in [2.45, 2.75) is 74.6 Å². The number of amides is 2. The average Bonchev–Trinajstić information content (AvgIpc) is 3.53. The van der Waals surface area contributed by atoms with E-state index in [2.05, 4.69) is 27.0 Å². The first-order valence-corrected chi connectivity index (χ1v) is 15.0. The lowest BCUT2D eigenvalue weighted by molar-refractivity contribution is -0.154. The number of fused-ring (bicyclic) bond motifs is 1. The Morgan fingerprint density at radius 1 is 1.28 bits per heavy atom. The molecular formula is C31H42N2O5S. The van der Waals surface area contributed by atoms with E-state index in [1.807, 2.05) is 42.2 Å². The molecule has 0 saturated carbocycles. The zero-order chi connectivity index (χ0) is 28.3. The van der Waals surface area contributed by atoms with Gasteiger partial charge in [0, 0.05) is 17.8 Å². The molecule has 212 valence electrons. The first-order valence-electron chi connectivity index (χ1n) is 14.1. The van der Waals surface area contributed by atoms with Gasteiger partial charge in [-0.25, -0.2) is 0 Å². The monoisotopic (exact) mass is 554 g/mol. The van der Waals surface area contributed by atoms with Crippen LogP contribution in [0.4, 0.5) is 0 Å². The zero-order valence-electron chi connectivity index (χ0n) is 23.3. The van der Waals surface area contributed by atoms with Gasteiger partial charge >= 0.3 is 5.97 Å². The van der Waals surface area contributed by atoms with Crippen LogP contribution < -0.4 is 0 Å². The van der Waals surface area contributed by atoms with Crippen LogP contribution in [0.1, 0.15) is 45.6 Å². The maximum atomic E-state index is 14.7. The third kappa shape index (κ3) is 5.06. The Kier molecular flexibility index (Phi) is 9.27. The lowest BCUT2D eigenvalue weighted by atomic mass is 9.66. The van der Waals surface area contributed by atoms with Crippen molar-refractivity contribution in [2.75, 3.05) is 19.8 Å². The van der Waals surface area contributed by atoms with Gasteiger partial charge in [0.15, 0.2) is 0 Å².